The molecule has 4 aliphatic heterocycles. The number of unbranched alkanes of at least 4 members (excludes halogenated alkanes) is 2. The number of piperazine rings is 1. The highest BCUT2D eigenvalue weighted by molar-refractivity contribution is 8.00. The van der Waals surface area contributed by atoms with E-state index in [1.165, 1.54) is 58.5 Å². The lowest BCUT2D eigenvalue weighted by atomic mass is 10.00. The smallest absolute Gasteiger partial charge is 0.472 e. The number of aromatic amines is 2. The van der Waals surface area contributed by atoms with Crippen molar-refractivity contribution < 1.29 is 110 Å². The van der Waals surface area contributed by atoms with Crippen LogP contribution in [0.3, 0.4) is 0 Å². The Morgan fingerprint density at radius 3 is 1.71 bits per heavy atom. The number of thioether (sulfide) groups is 1. The van der Waals surface area contributed by atoms with Crippen LogP contribution in [0.5, 0.6) is 5.75 Å². The number of nitrogens with two attached hydrogens (primary N) is 1. The third kappa shape index (κ3) is 26.5. The molecule has 0 unspecified atom stereocenters. The zero-order valence-corrected chi connectivity index (χ0v) is 76.3. The molecule has 14 atom stereocenters. The average molecular weight is 1890 g/mol. The number of aliphatic hydroxyl groups is 1. The number of benzene rings is 3. The predicted octanol–water partition coefficient (Wildman–Crippen LogP) is -0.885. The van der Waals surface area contributed by atoms with Gasteiger partial charge in [0.25, 0.3) is 5.91 Å². The summed E-state index contributed by atoms with van der Waals surface area (Å²) in [6, 6.07) is -2.62. The second-order valence-corrected chi connectivity index (χ2v) is 35.3. The number of likely N-dealkylation sites (N-methyl/N-ethyl adjacent to an activating group) is 3. The molecule has 4 saturated heterocycles. The number of aromatic hydroxyl groups is 1. The molecule has 7 heterocycles. The van der Waals surface area contributed by atoms with E-state index in [-0.39, 0.29) is 74.6 Å². The molecular weight excluding hydrogens is 1770 g/mol. The molecule has 6 aromatic rings. The van der Waals surface area contributed by atoms with Gasteiger partial charge in [0.2, 0.25) is 94.5 Å². The normalized spacial score (nSPS) is 25.1. The van der Waals surface area contributed by atoms with Gasteiger partial charge in [-0.1, -0.05) is 102 Å². The summed E-state index contributed by atoms with van der Waals surface area (Å²) in [5, 5.41) is 51.1. The van der Waals surface area contributed by atoms with Crippen LogP contribution in [-0.4, -0.2) is 310 Å². The monoisotopic (exact) mass is 1890 g/mol. The van der Waals surface area contributed by atoms with E-state index in [1.807, 2.05) is 6.92 Å². The molecule has 0 radical (unpaired) electrons. The molecule has 10 rings (SSSR count). The van der Waals surface area contributed by atoms with Crippen molar-refractivity contribution in [3.8, 4) is 5.75 Å². The molecule has 4 fully saturated rings. The molecule has 3 bridgehead atoms. The number of para-hydroxylation sites is 2. The number of fused-ring (bicyclic) bond motifs is 10. The number of phenols is 1. The number of aliphatic hydroxyl groups excluding tert-OH is 1. The highest BCUT2D eigenvalue weighted by atomic mass is 32.2. The van der Waals surface area contributed by atoms with Crippen molar-refractivity contribution in [3.05, 3.63) is 120 Å². The first-order valence-electron chi connectivity index (χ1n) is 44.4. The van der Waals surface area contributed by atoms with E-state index >= 15 is 43.2 Å². The summed E-state index contributed by atoms with van der Waals surface area (Å²) >= 11 is 0.767. The number of rotatable bonds is 19. The van der Waals surface area contributed by atoms with Gasteiger partial charge >= 0.3 is 12.1 Å². The Kier molecular flexibility index (Phi) is 35.8. The van der Waals surface area contributed by atoms with Gasteiger partial charge in [-0.3, -0.25) is 90.9 Å². The van der Waals surface area contributed by atoms with E-state index in [9.17, 15) is 66.5 Å². The first kappa shape index (κ1) is 103. The third-order valence-corrected chi connectivity index (χ3v) is 25.0. The summed E-state index contributed by atoms with van der Waals surface area (Å²) < 4.78 is 41.9. The molecule has 3 aromatic carbocycles. The number of hydrogen-bond acceptors (Lipinski definition) is 22. The molecule has 0 aliphatic carbocycles. The van der Waals surface area contributed by atoms with Crippen molar-refractivity contribution in [1.29, 1.82) is 0 Å². The topological polar surface area (TPSA) is 572 Å². The largest absolute Gasteiger partial charge is 0.508 e. The Bertz CT molecular complexity index is 5340. The van der Waals surface area contributed by atoms with Crippen molar-refractivity contribution in [3.63, 3.8) is 0 Å². The number of amides is 17. The second kappa shape index (κ2) is 46.7. The zero-order chi connectivity index (χ0) is 97.7. The second-order valence-electron chi connectivity index (χ2n) is 34.3. The maximum atomic E-state index is 15.7. The van der Waals surface area contributed by atoms with Crippen molar-refractivity contribution >= 4 is 140 Å². The summed E-state index contributed by atoms with van der Waals surface area (Å²) in [6.07, 6.45) is -5.82. The lowest BCUT2D eigenvalue weighted by Gasteiger charge is -2.40. The van der Waals surface area contributed by atoms with Crippen molar-refractivity contribution in [2.75, 3.05) is 58.9 Å². The van der Waals surface area contributed by atoms with Gasteiger partial charge in [0.15, 0.2) is 6.17 Å². The van der Waals surface area contributed by atoms with Crippen LogP contribution < -0.4 is 64.2 Å². The molecule has 0 saturated carbocycles. The number of hydrogen-bond donors (Lipinski definition) is 16. The zero-order valence-electron chi connectivity index (χ0n) is 75.4. The van der Waals surface area contributed by atoms with Gasteiger partial charge in [0, 0.05) is 106 Å². The number of nitrogens with zero attached hydrogens (tertiary/aromatic N) is 7. The number of carbonyl (C=O) groups is 18. The van der Waals surface area contributed by atoms with Crippen LogP contribution in [0.2, 0.25) is 0 Å². The molecule has 4 aliphatic rings. The maximum Gasteiger partial charge on any atom is 0.472 e. The van der Waals surface area contributed by atoms with Gasteiger partial charge in [0.05, 0.1) is 24.5 Å². The van der Waals surface area contributed by atoms with Gasteiger partial charge in [0.1, 0.15) is 97.2 Å². The quantitative estimate of drug-likeness (QED) is 0.0468. The minimum absolute atomic E-state index is 0.0241. The van der Waals surface area contributed by atoms with E-state index in [1.54, 1.807) is 75.5 Å². The number of aromatic nitrogens is 4. The number of H-pyrrole nitrogens is 2. The Balaban J connectivity index is 1.09. The highest BCUT2D eigenvalue weighted by Gasteiger charge is 2.48. The molecular formula is C89H116F3N21O20S. The van der Waals surface area contributed by atoms with Crippen LogP contribution in [0, 0.1) is 5.92 Å². The Labute approximate surface area is 773 Å². The number of halogens is 3. The molecule has 17 N–H and O–H groups in total. The standard InChI is InChI=1S/C89H116F3N21O20S/c1-9-11-24-67-80(125)107-73-82(127)106-66-44-134-45-72(118)98-62(34-49-27-29-53(115)30-28-49)83(128)108(6)48(5)74(119)103-64(38-70(93)116)85(130)112-32-18-26-68(112)81(126)102-61(37-52-41-111(46-97-52)88(133)89(90,91)92)78(123)100-59(33-47(3)4)76(121)99-58(23-17-31-94-71(117)42-113(73)86(66)131)75(120)101-60(35-50-39-95-56-21-15-13-19-54(50)56)77(122)105-65(43-114)79(124)104-63(36-51-40-96-57-22-16-14-20-55(51)57)84(129)110(8)69(25-12-10-2)87(132)109(67)7/h13-16,19-22,27-30,39-41,46-48,58-69,73,95-96,114-115H,9-12,17-18,23-26,31-38,42-45H2,1-8H3,(H2,93,116)(H,94,117)(H,98,118)(H,99,121)(H,100,123)(H,101,120)(H,102,126)(H,103,119)(H,104,124)(H,105,122)(H,106,127)(H,107,125)/t48-,58-,59-,60-,61-,62-,63-,64-,65-,66-,67-,68-,69-,73-/m0/s1. The van der Waals surface area contributed by atoms with Gasteiger partial charge in [-0.15, -0.1) is 11.8 Å². The predicted molar refractivity (Wildman–Crippen MR) is 479 cm³/mol. The lowest BCUT2D eigenvalue weighted by molar-refractivity contribution is -0.155. The molecule has 724 valence electrons. The number of alkyl halides is 3. The summed E-state index contributed by atoms with van der Waals surface area (Å²) in [5.41, 5.74) is 7.71. The van der Waals surface area contributed by atoms with Crippen molar-refractivity contribution in [1.82, 2.24) is 103 Å². The summed E-state index contributed by atoms with van der Waals surface area (Å²) in [4.78, 5) is 282. The molecule has 45 heteroatoms. The van der Waals surface area contributed by atoms with Crippen LogP contribution in [0.4, 0.5) is 13.2 Å². The van der Waals surface area contributed by atoms with Crippen LogP contribution in [-0.2, 0) is 107 Å². The minimum Gasteiger partial charge on any atom is -0.508 e. The molecule has 0 spiro atoms. The number of primary amides is 1. The minimum atomic E-state index is -5.45. The SMILES string of the molecule is CCCC[C@H]1C(=O)N(C)[C@@H](CCCC)C(=O)N[C@@H]2C(=O)N[C@H]3CSCC(=O)N[C@@H](Cc4ccc(O)cc4)C(=O)N(C)[C@@H](C)C(=O)N[C@@H](CC(N)=O)C(=O)N4CCC[C@H]4C(=O)N[C@@H](Cc4cn(C(=O)C(F)(F)F)cn4)C(=O)N[C@@H](CC(C)C)C(=O)N[C@@H](CCCNC(=O)CN2C3=O)C(=O)N[C@@H](Cc2c[nH]c3ccccc23)C(=O)N[C@@H](CO)C(=O)N[C@@H](Cc2c[nH]c3ccccc23)C(=O)N1C. The van der Waals surface area contributed by atoms with Gasteiger partial charge in [-0.2, -0.15) is 13.2 Å². The molecule has 134 heavy (non-hydrogen) atoms. The summed E-state index contributed by atoms with van der Waals surface area (Å²) in [5.74, 6) is -21.9. The van der Waals surface area contributed by atoms with E-state index < -0.39 is 266 Å². The summed E-state index contributed by atoms with van der Waals surface area (Å²) in [7, 11) is 3.81. The van der Waals surface area contributed by atoms with Crippen LogP contribution >= 0.6 is 11.8 Å². The Hall–Kier alpha value is -13.5. The Morgan fingerprint density at radius 2 is 1.09 bits per heavy atom. The van der Waals surface area contributed by atoms with Crippen LogP contribution in [0.25, 0.3) is 21.8 Å². The fourth-order valence-electron chi connectivity index (χ4n) is 16.5. The maximum absolute atomic E-state index is 15.7. The van der Waals surface area contributed by atoms with Crippen LogP contribution in [0.15, 0.2) is 97.7 Å². The fraction of sp³-hybridized carbons (Fsp3) is 0.517. The van der Waals surface area contributed by atoms with Crippen LogP contribution in [0.1, 0.15) is 139 Å². The first-order chi connectivity index (χ1) is 63.7. The number of carbonyl (C=O) groups excluding carboxylic acids is 18. The average Bonchev–Trinajstić information content (AvgIpc) is 1.00. The number of nitrogens with one attached hydrogen (secondary N) is 13. The van der Waals surface area contributed by atoms with Crippen molar-refractivity contribution in [2.45, 2.75) is 228 Å². The molecule has 17 amide bonds. The first-order valence-corrected chi connectivity index (χ1v) is 45.5. The molecule has 3 aromatic heterocycles. The third-order valence-electron chi connectivity index (χ3n) is 24.0. The highest BCUT2D eigenvalue weighted by Crippen LogP contribution is 2.28. The van der Waals surface area contributed by atoms with Gasteiger partial charge < -0.3 is 109 Å². The van der Waals surface area contributed by atoms with E-state index in [2.05, 4.69) is 73.4 Å². The fourth-order valence-corrected chi connectivity index (χ4v) is 17.4. The Morgan fingerprint density at radius 1 is 0.545 bits per heavy atom. The molecule has 41 nitrogen and oxygen atoms in total. The van der Waals surface area contributed by atoms with Crippen molar-refractivity contribution in [2.24, 2.45) is 11.7 Å². The lowest BCUT2D eigenvalue weighted by Crippen LogP contribution is -2.71. The van der Waals surface area contributed by atoms with E-state index in [0.29, 0.717) is 70.3 Å². The van der Waals surface area contributed by atoms with Gasteiger partial charge in [-0.25, -0.2) is 4.98 Å². The van der Waals surface area contributed by atoms with E-state index in [0.717, 1.165) is 36.3 Å². The number of imidazole rings is 1. The summed E-state index contributed by atoms with van der Waals surface area (Å²) in [6.45, 7) is 5.25. The number of phenolic OH excluding ortho intramolecular Hbond substituents is 1. The van der Waals surface area contributed by atoms with Gasteiger partial charge in [-0.05, 0) is 98.7 Å². The van der Waals surface area contributed by atoms with E-state index in [4.69, 9.17) is 5.73 Å².